The van der Waals surface area contributed by atoms with Crippen LogP contribution in [-0.2, 0) is 9.53 Å². The maximum Gasteiger partial charge on any atom is 0.254 e. The second kappa shape index (κ2) is 11.6. The first-order valence-corrected chi connectivity index (χ1v) is 12.2. The van der Waals surface area contributed by atoms with Crippen molar-refractivity contribution in [3.05, 3.63) is 53.1 Å². The van der Waals surface area contributed by atoms with Crippen LogP contribution in [0.25, 0.3) is 0 Å². The van der Waals surface area contributed by atoms with Crippen LogP contribution in [0.4, 0.5) is 0 Å². The number of carbonyl (C=O) groups is 2. The molecule has 2 heterocycles. The van der Waals surface area contributed by atoms with Gasteiger partial charge in [-0.1, -0.05) is 12.1 Å². The number of nitrogens with one attached hydrogen (secondary N) is 1. The third-order valence-electron chi connectivity index (χ3n) is 6.97. The van der Waals surface area contributed by atoms with Gasteiger partial charge in [0, 0.05) is 32.2 Å². The zero-order valence-corrected chi connectivity index (χ0v) is 21.4. The first-order valence-electron chi connectivity index (χ1n) is 12.2. The minimum absolute atomic E-state index is 0.134. The number of nitrogens with zero attached hydrogens (tertiary/aromatic N) is 2. The summed E-state index contributed by atoms with van der Waals surface area (Å²) in [7, 11) is 6.41. The maximum atomic E-state index is 13.7. The molecule has 0 aromatic heterocycles. The van der Waals surface area contributed by atoms with E-state index in [4.69, 9.17) is 18.9 Å². The van der Waals surface area contributed by atoms with Crippen molar-refractivity contribution < 1.29 is 28.5 Å². The molecule has 0 radical (unpaired) electrons. The van der Waals surface area contributed by atoms with E-state index in [9.17, 15) is 9.59 Å². The van der Waals surface area contributed by atoms with E-state index in [2.05, 4.69) is 10.2 Å². The lowest BCUT2D eigenvalue weighted by Crippen LogP contribution is -2.46. The Labute approximate surface area is 212 Å². The van der Waals surface area contributed by atoms with Crippen LogP contribution in [0.3, 0.4) is 0 Å². The Morgan fingerprint density at radius 2 is 1.69 bits per heavy atom. The summed E-state index contributed by atoms with van der Waals surface area (Å²) in [5.41, 5.74) is 1.91. The van der Waals surface area contributed by atoms with Gasteiger partial charge in [0.1, 0.15) is 5.75 Å². The minimum atomic E-state index is -0.626. The quantitative estimate of drug-likeness (QED) is 0.533. The van der Waals surface area contributed by atoms with Crippen LogP contribution in [0.1, 0.15) is 39.9 Å². The standard InChI is InChI=1S/C27H35N3O6/c1-29-25(18-6-8-19(33-2)9-7-18)24(26(31)28-10-5-11-30-12-14-36-15-13-30)20-16-22(34-3)23(35-4)17-21(20)27(29)32/h6-9,16-17,24-25H,5,10-15H2,1-4H3,(H,28,31)/t24-,25-/m1/s1. The Hall–Kier alpha value is -3.30. The van der Waals surface area contributed by atoms with E-state index in [1.54, 1.807) is 38.3 Å². The molecular weight excluding hydrogens is 462 g/mol. The van der Waals surface area contributed by atoms with Crippen molar-refractivity contribution in [2.45, 2.75) is 18.4 Å². The van der Waals surface area contributed by atoms with Gasteiger partial charge in [0.2, 0.25) is 5.91 Å². The summed E-state index contributed by atoms with van der Waals surface area (Å²) in [4.78, 5) is 31.2. The van der Waals surface area contributed by atoms with Crippen molar-refractivity contribution in [3.8, 4) is 17.2 Å². The third kappa shape index (κ3) is 5.27. The van der Waals surface area contributed by atoms with E-state index in [1.807, 2.05) is 24.3 Å². The van der Waals surface area contributed by atoms with Gasteiger partial charge >= 0.3 is 0 Å². The summed E-state index contributed by atoms with van der Waals surface area (Å²) < 4.78 is 21.7. The van der Waals surface area contributed by atoms with E-state index in [1.165, 1.54) is 7.11 Å². The molecule has 0 saturated carbocycles. The molecule has 2 atom stereocenters. The summed E-state index contributed by atoms with van der Waals surface area (Å²) in [6, 6.07) is 10.4. The van der Waals surface area contributed by atoms with Crippen molar-refractivity contribution in [2.75, 3.05) is 67.8 Å². The SMILES string of the molecule is COc1ccc([C@@H]2[C@H](C(=O)NCCCN3CCOCC3)c3cc(OC)c(OC)cc3C(=O)N2C)cc1. The predicted molar refractivity (Wildman–Crippen MR) is 135 cm³/mol. The molecule has 2 aromatic carbocycles. The smallest absolute Gasteiger partial charge is 0.254 e. The Morgan fingerprint density at radius 3 is 2.33 bits per heavy atom. The number of benzene rings is 2. The number of hydrogen-bond acceptors (Lipinski definition) is 7. The van der Waals surface area contributed by atoms with Crippen LogP contribution in [0.5, 0.6) is 17.2 Å². The van der Waals surface area contributed by atoms with Gasteiger partial charge in [0.05, 0.1) is 46.5 Å². The van der Waals surface area contributed by atoms with Gasteiger partial charge in [-0.15, -0.1) is 0 Å². The third-order valence-corrected chi connectivity index (χ3v) is 6.97. The van der Waals surface area contributed by atoms with E-state index < -0.39 is 12.0 Å². The summed E-state index contributed by atoms with van der Waals surface area (Å²) in [6.45, 7) is 4.77. The minimum Gasteiger partial charge on any atom is -0.497 e. The molecule has 9 nitrogen and oxygen atoms in total. The molecule has 0 spiro atoms. The van der Waals surface area contributed by atoms with Crippen molar-refractivity contribution in [2.24, 2.45) is 0 Å². The molecule has 2 aromatic rings. The van der Waals surface area contributed by atoms with Gasteiger partial charge in [0.25, 0.3) is 5.91 Å². The molecule has 0 aliphatic carbocycles. The number of likely N-dealkylation sites (N-methyl/N-ethyl adjacent to an activating group) is 1. The molecule has 9 heteroatoms. The molecule has 194 valence electrons. The molecule has 1 N–H and O–H groups in total. The molecular formula is C27H35N3O6. The van der Waals surface area contributed by atoms with E-state index in [-0.39, 0.29) is 11.8 Å². The largest absolute Gasteiger partial charge is 0.497 e. The van der Waals surface area contributed by atoms with E-state index in [0.29, 0.717) is 34.9 Å². The van der Waals surface area contributed by atoms with Crippen molar-refractivity contribution >= 4 is 11.8 Å². The molecule has 1 fully saturated rings. The summed E-state index contributed by atoms with van der Waals surface area (Å²) in [6.07, 6.45) is 0.833. The monoisotopic (exact) mass is 497 g/mol. The molecule has 4 rings (SSSR count). The van der Waals surface area contributed by atoms with Gasteiger partial charge in [-0.05, 0) is 48.4 Å². The normalized spacial score (nSPS) is 20.0. The Morgan fingerprint density at radius 1 is 1.03 bits per heavy atom. The zero-order valence-electron chi connectivity index (χ0n) is 21.4. The maximum absolute atomic E-state index is 13.7. The van der Waals surface area contributed by atoms with E-state index >= 15 is 0 Å². The average Bonchev–Trinajstić information content (AvgIpc) is 2.92. The highest BCUT2D eigenvalue weighted by Gasteiger charge is 2.43. The molecule has 36 heavy (non-hydrogen) atoms. The second-order valence-electron chi connectivity index (χ2n) is 9.00. The Balaban J connectivity index is 1.64. The molecule has 2 aliphatic rings. The fraction of sp³-hybridized carbons (Fsp3) is 0.481. The number of hydrogen-bond donors (Lipinski definition) is 1. The molecule has 0 unspecified atom stereocenters. The number of methoxy groups -OCH3 is 3. The molecule has 2 amide bonds. The lowest BCUT2D eigenvalue weighted by Gasteiger charge is -2.40. The number of carbonyl (C=O) groups excluding carboxylic acids is 2. The highest BCUT2D eigenvalue weighted by Crippen LogP contribution is 2.45. The van der Waals surface area contributed by atoms with Crippen LogP contribution in [0, 0.1) is 0 Å². The van der Waals surface area contributed by atoms with Gasteiger partial charge in [-0.25, -0.2) is 0 Å². The van der Waals surface area contributed by atoms with Crippen LogP contribution in [0.15, 0.2) is 36.4 Å². The zero-order chi connectivity index (χ0) is 25.7. The number of morpholine rings is 1. The van der Waals surface area contributed by atoms with Crippen LogP contribution in [0.2, 0.25) is 0 Å². The lowest BCUT2D eigenvalue weighted by atomic mass is 9.79. The Bertz CT molecular complexity index is 1070. The molecule has 2 aliphatic heterocycles. The van der Waals surface area contributed by atoms with Crippen molar-refractivity contribution in [3.63, 3.8) is 0 Å². The lowest BCUT2D eigenvalue weighted by molar-refractivity contribution is -0.124. The fourth-order valence-electron chi connectivity index (χ4n) is 5.00. The Kier molecular flexibility index (Phi) is 8.32. The second-order valence-corrected chi connectivity index (χ2v) is 9.00. The van der Waals surface area contributed by atoms with Crippen LogP contribution >= 0.6 is 0 Å². The summed E-state index contributed by atoms with van der Waals surface area (Å²) >= 11 is 0. The van der Waals surface area contributed by atoms with Crippen LogP contribution < -0.4 is 19.5 Å². The van der Waals surface area contributed by atoms with Gasteiger partial charge < -0.3 is 29.2 Å². The first-order chi connectivity index (χ1) is 17.5. The number of ether oxygens (including phenoxy) is 4. The van der Waals surface area contributed by atoms with Crippen molar-refractivity contribution in [1.29, 1.82) is 0 Å². The highest BCUT2D eigenvalue weighted by atomic mass is 16.5. The molecule has 1 saturated heterocycles. The van der Waals surface area contributed by atoms with Crippen molar-refractivity contribution in [1.82, 2.24) is 15.1 Å². The predicted octanol–water partition coefficient (Wildman–Crippen LogP) is 2.46. The summed E-state index contributed by atoms with van der Waals surface area (Å²) in [5, 5.41) is 3.13. The topological polar surface area (TPSA) is 89.6 Å². The van der Waals surface area contributed by atoms with Crippen LogP contribution in [-0.4, -0.2) is 89.4 Å². The number of fused-ring (bicyclic) bond motifs is 1. The number of rotatable bonds is 9. The van der Waals surface area contributed by atoms with E-state index in [0.717, 1.165) is 44.8 Å². The first kappa shape index (κ1) is 25.8. The van der Waals surface area contributed by atoms with Gasteiger partial charge in [-0.3, -0.25) is 14.5 Å². The summed E-state index contributed by atoms with van der Waals surface area (Å²) in [5.74, 6) is 0.699. The fourth-order valence-corrected chi connectivity index (χ4v) is 5.00. The number of amides is 2. The molecule has 0 bridgehead atoms. The van der Waals surface area contributed by atoms with Gasteiger partial charge in [0.15, 0.2) is 11.5 Å². The van der Waals surface area contributed by atoms with Gasteiger partial charge in [-0.2, -0.15) is 0 Å². The highest BCUT2D eigenvalue weighted by molar-refractivity contribution is 6.02. The average molecular weight is 498 g/mol.